The summed E-state index contributed by atoms with van der Waals surface area (Å²) in [6.07, 6.45) is 22.1. The van der Waals surface area contributed by atoms with E-state index < -0.39 is 0 Å². The van der Waals surface area contributed by atoms with Gasteiger partial charge in [0.15, 0.2) is 0 Å². The minimum Gasteiger partial charge on any atom is -0.343 e. The van der Waals surface area contributed by atoms with E-state index in [-0.39, 0.29) is 18.9 Å². The molecule has 0 unspecified atom stereocenters. The van der Waals surface area contributed by atoms with Crippen molar-refractivity contribution in [3.63, 3.8) is 0 Å². The molecule has 0 aliphatic heterocycles. The van der Waals surface area contributed by atoms with Gasteiger partial charge in [-0.1, -0.05) is 69.2 Å². The molecule has 0 saturated carbocycles. The summed E-state index contributed by atoms with van der Waals surface area (Å²) in [6, 6.07) is 0. The summed E-state index contributed by atoms with van der Waals surface area (Å²) in [5.74, 6) is 0. The third kappa shape index (κ3) is 18.6. The summed E-state index contributed by atoms with van der Waals surface area (Å²) in [4.78, 5) is 0. The van der Waals surface area contributed by atoms with Gasteiger partial charge in [-0.25, -0.2) is 0 Å². The van der Waals surface area contributed by atoms with E-state index in [1.165, 1.54) is 57.8 Å². The fourth-order valence-electron chi connectivity index (χ4n) is 1.79. The molecule has 0 N–H and O–H groups in total. The van der Waals surface area contributed by atoms with E-state index in [4.69, 9.17) is 0 Å². The largest absolute Gasteiger partial charge is 1.00 e. The fraction of sp³-hybridized carbons (Fsp3) is 0.688. The van der Waals surface area contributed by atoms with E-state index in [0.29, 0.717) is 0 Å². The summed E-state index contributed by atoms with van der Waals surface area (Å²) in [6.45, 7) is 5.92. The first-order chi connectivity index (χ1) is 7.91. The van der Waals surface area contributed by atoms with Crippen LogP contribution in [0.5, 0.6) is 0 Å². The maximum absolute atomic E-state index is 3.86. The number of hydrogen-bond acceptors (Lipinski definition) is 0. The van der Waals surface area contributed by atoms with Crippen molar-refractivity contribution >= 4 is 0 Å². The van der Waals surface area contributed by atoms with Crippen molar-refractivity contribution in [3.05, 3.63) is 31.2 Å². The molecule has 0 heterocycles. The molecule has 0 fully saturated rings. The van der Waals surface area contributed by atoms with Crippen molar-refractivity contribution in [2.45, 2.75) is 71.1 Å². The van der Waals surface area contributed by atoms with Gasteiger partial charge in [-0.05, 0) is 19.8 Å². The summed E-state index contributed by atoms with van der Waals surface area (Å²) < 4.78 is 0. The van der Waals surface area contributed by atoms with Gasteiger partial charge >= 0.3 is 18.9 Å². The SMILES string of the molecule is [CH2-]CCCCCCCCCC/C=C/C=C/C.[Li+]. The van der Waals surface area contributed by atoms with Gasteiger partial charge in [0.2, 0.25) is 0 Å². The zero-order valence-electron chi connectivity index (χ0n) is 12.1. The smallest absolute Gasteiger partial charge is 0.343 e. The molecule has 0 aliphatic rings. The molecule has 0 spiro atoms. The first-order valence-corrected chi connectivity index (χ1v) is 6.99. The van der Waals surface area contributed by atoms with Gasteiger partial charge < -0.3 is 6.92 Å². The normalized spacial score (nSPS) is 11.2. The van der Waals surface area contributed by atoms with Crippen LogP contribution in [-0.2, 0) is 0 Å². The van der Waals surface area contributed by atoms with Gasteiger partial charge in [-0.2, -0.15) is 6.42 Å². The van der Waals surface area contributed by atoms with Crippen LogP contribution in [0.3, 0.4) is 0 Å². The minimum absolute atomic E-state index is 0. The van der Waals surface area contributed by atoms with Crippen molar-refractivity contribution in [2.24, 2.45) is 0 Å². The first-order valence-electron chi connectivity index (χ1n) is 6.99. The van der Waals surface area contributed by atoms with E-state index in [0.717, 1.165) is 6.42 Å². The van der Waals surface area contributed by atoms with Crippen molar-refractivity contribution in [3.8, 4) is 0 Å². The third-order valence-corrected chi connectivity index (χ3v) is 2.81. The third-order valence-electron chi connectivity index (χ3n) is 2.81. The standard InChI is InChI=1S/C16H29.Li/c1-3-5-7-9-11-13-15-16-14-12-10-8-6-4-2;/h4,6,8,10H,1,3,5,7,9,11-16H2,2H3;/q-1;+1/b6-4+,10-8+;. The Bertz CT molecular complexity index is 170. The topological polar surface area (TPSA) is 0 Å². The molecule has 0 aromatic heterocycles. The van der Waals surface area contributed by atoms with Crippen LogP contribution in [0.15, 0.2) is 24.3 Å². The van der Waals surface area contributed by atoms with Crippen molar-refractivity contribution in [1.29, 1.82) is 0 Å². The Balaban J connectivity index is 0. The fourth-order valence-corrected chi connectivity index (χ4v) is 1.79. The van der Waals surface area contributed by atoms with E-state index in [9.17, 15) is 0 Å². The van der Waals surface area contributed by atoms with Crippen LogP contribution < -0.4 is 18.9 Å². The molecule has 0 nitrogen and oxygen atoms in total. The summed E-state index contributed by atoms with van der Waals surface area (Å²) in [5, 5.41) is 0. The molecular weight excluding hydrogens is 199 g/mol. The van der Waals surface area contributed by atoms with Crippen LogP contribution in [-0.4, -0.2) is 0 Å². The zero-order valence-corrected chi connectivity index (χ0v) is 12.1. The molecule has 0 amide bonds. The molecule has 94 valence electrons. The average Bonchev–Trinajstić information content (AvgIpc) is 2.31. The molecule has 1 heteroatoms. The van der Waals surface area contributed by atoms with Crippen LogP contribution in [0, 0.1) is 6.92 Å². The first kappa shape index (κ1) is 19.4. The number of allylic oxidation sites excluding steroid dienone is 4. The average molecular weight is 228 g/mol. The Morgan fingerprint density at radius 2 is 1.29 bits per heavy atom. The predicted octanol–water partition coefficient (Wildman–Crippen LogP) is 2.86. The van der Waals surface area contributed by atoms with E-state index >= 15 is 0 Å². The van der Waals surface area contributed by atoms with E-state index in [2.05, 4.69) is 38.2 Å². The zero-order chi connectivity index (χ0) is 11.9. The predicted molar refractivity (Wildman–Crippen MR) is 75.5 cm³/mol. The Morgan fingerprint density at radius 1 is 0.765 bits per heavy atom. The molecule has 0 atom stereocenters. The van der Waals surface area contributed by atoms with Crippen molar-refractivity contribution < 1.29 is 18.9 Å². The van der Waals surface area contributed by atoms with Crippen LogP contribution in [0.25, 0.3) is 0 Å². The molecule has 0 aromatic rings. The van der Waals surface area contributed by atoms with Crippen LogP contribution in [0.2, 0.25) is 0 Å². The van der Waals surface area contributed by atoms with Gasteiger partial charge in [0.25, 0.3) is 0 Å². The van der Waals surface area contributed by atoms with Crippen LogP contribution in [0.4, 0.5) is 0 Å². The second-order valence-electron chi connectivity index (χ2n) is 4.42. The quantitative estimate of drug-likeness (QED) is 0.221. The molecule has 0 rings (SSSR count). The maximum atomic E-state index is 3.86. The number of rotatable bonds is 11. The molecule has 17 heavy (non-hydrogen) atoms. The molecule has 0 aliphatic carbocycles. The molecule has 0 bridgehead atoms. The molecule has 0 saturated heterocycles. The molecular formula is C16H29Li. The van der Waals surface area contributed by atoms with Gasteiger partial charge in [0, 0.05) is 0 Å². The molecule has 0 radical (unpaired) electrons. The van der Waals surface area contributed by atoms with Gasteiger partial charge in [0.05, 0.1) is 0 Å². The maximum Gasteiger partial charge on any atom is 1.00 e. The Morgan fingerprint density at radius 3 is 1.82 bits per heavy atom. The minimum atomic E-state index is 0. The number of unbranched alkanes of at least 4 members (excludes halogenated alkanes) is 9. The Labute approximate surface area is 121 Å². The second-order valence-corrected chi connectivity index (χ2v) is 4.42. The second kappa shape index (κ2) is 18.4. The summed E-state index contributed by atoms with van der Waals surface area (Å²) >= 11 is 0. The van der Waals surface area contributed by atoms with Gasteiger partial charge in [-0.15, -0.1) is 0 Å². The van der Waals surface area contributed by atoms with Crippen molar-refractivity contribution in [1.82, 2.24) is 0 Å². The van der Waals surface area contributed by atoms with Gasteiger partial charge in [0.1, 0.15) is 0 Å². The molecule has 0 aromatic carbocycles. The van der Waals surface area contributed by atoms with Crippen LogP contribution in [0.1, 0.15) is 71.1 Å². The monoisotopic (exact) mass is 228 g/mol. The van der Waals surface area contributed by atoms with E-state index in [1.54, 1.807) is 0 Å². The Hall–Kier alpha value is 0.0774. The van der Waals surface area contributed by atoms with Crippen molar-refractivity contribution in [2.75, 3.05) is 0 Å². The number of hydrogen-bond donors (Lipinski definition) is 0. The summed E-state index contributed by atoms with van der Waals surface area (Å²) in [5.41, 5.74) is 0. The summed E-state index contributed by atoms with van der Waals surface area (Å²) in [7, 11) is 0. The van der Waals surface area contributed by atoms with Gasteiger partial charge in [-0.3, -0.25) is 0 Å². The van der Waals surface area contributed by atoms with E-state index in [1.807, 2.05) is 0 Å². The Kier molecular flexibility index (Phi) is 21.1. The van der Waals surface area contributed by atoms with Crippen LogP contribution >= 0.6 is 0 Å².